The Labute approximate surface area is 160 Å². The summed E-state index contributed by atoms with van der Waals surface area (Å²) in [6.45, 7) is 13.6. The second-order valence-electron chi connectivity index (χ2n) is 7.41. The molecule has 0 unspecified atom stereocenters. The van der Waals surface area contributed by atoms with Crippen LogP contribution >= 0.6 is 11.3 Å². The van der Waals surface area contributed by atoms with Crippen LogP contribution in [0.3, 0.4) is 0 Å². The van der Waals surface area contributed by atoms with Crippen LogP contribution in [0.2, 0.25) is 0 Å². The van der Waals surface area contributed by atoms with Crippen LogP contribution in [-0.4, -0.2) is 28.0 Å². The molecule has 0 aliphatic rings. The number of carbonyl (C=O) groups excluding carboxylic acids is 1. The number of hydrogen-bond acceptors (Lipinski definition) is 4. The van der Waals surface area contributed by atoms with Crippen molar-refractivity contribution in [3.05, 3.63) is 45.4 Å². The van der Waals surface area contributed by atoms with Gasteiger partial charge in [-0.25, -0.2) is 9.78 Å². The number of ether oxygens (including phenoxy) is 1. The lowest BCUT2D eigenvalue weighted by Crippen LogP contribution is -2.48. The van der Waals surface area contributed by atoms with E-state index in [1.807, 2.05) is 45.2 Å². The quantitative estimate of drug-likeness (QED) is 0.798. The lowest BCUT2D eigenvalue weighted by molar-refractivity contribution is 0.188. The van der Waals surface area contributed by atoms with Crippen LogP contribution in [0.15, 0.2) is 23.6 Å². The van der Waals surface area contributed by atoms with Crippen molar-refractivity contribution < 1.29 is 9.53 Å². The molecule has 2 rings (SSSR count). The number of hydrogen-bond donors (Lipinski definition) is 1. The smallest absolute Gasteiger partial charge is 0.318 e. The van der Waals surface area contributed by atoms with Gasteiger partial charge >= 0.3 is 6.03 Å². The Bertz CT molecular complexity index is 750. The minimum Gasteiger partial charge on any atom is -0.486 e. The number of thiazole rings is 1. The summed E-state index contributed by atoms with van der Waals surface area (Å²) < 4.78 is 5.92. The molecule has 0 atom stereocenters. The van der Waals surface area contributed by atoms with E-state index in [0.29, 0.717) is 19.7 Å². The van der Waals surface area contributed by atoms with Gasteiger partial charge in [-0.1, -0.05) is 12.1 Å². The van der Waals surface area contributed by atoms with Gasteiger partial charge in [0, 0.05) is 17.5 Å². The molecule has 0 radical (unpaired) electrons. The van der Waals surface area contributed by atoms with Crippen molar-refractivity contribution in [2.24, 2.45) is 0 Å². The summed E-state index contributed by atoms with van der Waals surface area (Å²) in [6, 6.07) is 5.98. The third kappa shape index (κ3) is 5.73. The van der Waals surface area contributed by atoms with Gasteiger partial charge in [-0.3, -0.25) is 0 Å². The number of urea groups is 1. The van der Waals surface area contributed by atoms with Crippen molar-refractivity contribution in [3.8, 4) is 5.75 Å². The second-order valence-corrected chi connectivity index (χ2v) is 8.36. The van der Waals surface area contributed by atoms with E-state index in [1.54, 1.807) is 16.2 Å². The van der Waals surface area contributed by atoms with Crippen LogP contribution in [0.5, 0.6) is 5.75 Å². The normalized spacial score (nSPS) is 11.3. The maximum atomic E-state index is 12.3. The summed E-state index contributed by atoms with van der Waals surface area (Å²) >= 11 is 1.56. The molecule has 1 aromatic carbocycles. The number of aromatic nitrogens is 1. The molecule has 0 saturated heterocycles. The molecular weight excluding hydrogens is 346 g/mol. The van der Waals surface area contributed by atoms with Gasteiger partial charge in [-0.15, -0.1) is 11.3 Å². The second kappa shape index (κ2) is 8.54. The van der Waals surface area contributed by atoms with E-state index in [4.69, 9.17) is 4.74 Å². The van der Waals surface area contributed by atoms with Crippen LogP contribution in [-0.2, 0) is 13.2 Å². The highest BCUT2D eigenvalue weighted by Crippen LogP contribution is 2.22. The van der Waals surface area contributed by atoms with Crippen molar-refractivity contribution in [1.29, 1.82) is 0 Å². The van der Waals surface area contributed by atoms with Gasteiger partial charge in [0.15, 0.2) is 0 Å². The molecular formula is C20H29N3O2S. The molecule has 0 aliphatic carbocycles. The molecule has 142 valence electrons. The van der Waals surface area contributed by atoms with Gasteiger partial charge < -0.3 is 15.0 Å². The average molecular weight is 376 g/mol. The molecule has 26 heavy (non-hydrogen) atoms. The fourth-order valence-electron chi connectivity index (χ4n) is 2.43. The number of rotatable bonds is 6. The van der Waals surface area contributed by atoms with Crippen molar-refractivity contribution in [2.75, 3.05) is 6.54 Å². The Morgan fingerprint density at radius 1 is 1.31 bits per heavy atom. The number of benzene rings is 1. The van der Waals surface area contributed by atoms with Crippen LogP contribution in [0.1, 0.15) is 49.5 Å². The van der Waals surface area contributed by atoms with Crippen molar-refractivity contribution >= 4 is 17.4 Å². The standard InChI is InChI=1S/C20H29N3O2S/c1-7-23(19(24)22-20(4,5)6)11-16-13-26-18(21-16)12-25-17-10-8-9-14(2)15(17)3/h8-10,13H,7,11-12H2,1-6H3,(H,22,24). The monoisotopic (exact) mass is 375 g/mol. The first kappa shape index (κ1) is 20.2. The molecule has 1 N–H and O–H groups in total. The molecule has 2 aromatic rings. The minimum absolute atomic E-state index is 0.0683. The summed E-state index contributed by atoms with van der Waals surface area (Å²) in [5.74, 6) is 0.890. The Hall–Kier alpha value is -2.08. The SMILES string of the molecule is CCN(Cc1csc(COc2cccc(C)c2C)n1)C(=O)NC(C)(C)C. The van der Waals surface area contributed by atoms with Gasteiger partial charge in [-0.05, 0) is 58.7 Å². The van der Waals surface area contributed by atoms with Crippen LogP contribution < -0.4 is 10.1 Å². The molecule has 1 heterocycles. The molecule has 6 heteroatoms. The van der Waals surface area contributed by atoms with Crippen LogP contribution in [0, 0.1) is 13.8 Å². The zero-order valence-electron chi connectivity index (χ0n) is 16.5. The molecule has 0 aliphatic heterocycles. The van der Waals surface area contributed by atoms with Gasteiger partial charge in [0.2, 0.25) is 0 Å². The first-order valence-electron chi connectivity index (χ1n) is 8.89. The van der Waals surface area contributed by atoms with E-state index in [0.717, 1.165) is 22.0 Å². The Morgan fingerprint density at radius 3 is 2.69 bits per heavy atom. The summed E-state index contributed by atoms with van der Waals surface area (Å²) in [4.78, 5) is 18.7. The van der Waals surface area contributed by atoms with Crippen molar-refractivity contribution in [2.45, 2.75) is 60.2 Å². The predicted molar refractivity (Wildman–Crippen MR) is 107 cm³/mol. The number of aryl methyl sites for hydroxylation is 1. The van der Waals surface area contributed by atoms with Gasteiger partial charge in [0.1, 0.15) is 17.4 Å². The van der Waals surface area contributed by atoms with Crippen LogP contribution in [0.4, 0.5) is 4.79 Å². The van der Waals surface area contributed by atoms with E-state index in [1.165, 1.54) is 5.56 Å². The Kier molecular flexibility index (Phi) is 6.64. The molecule has 0 bridgehead atoms. The molecule has 1 aromatic heterocycles. The molecule has 0 fully saturated rings. The molecule has 0 saturated carbocycles. The van der Waals surface area contributed by atoms with Gasteiger partial charge in [0.05, 0.1) is 12.2 Å². The third-order valence-electron chi connectivity index (χ3n) is 4.01. The fraction of sp³-hybridized carbons (Fsp3) is 0.500. The largest absolute Gasteiger partial charge is 0.486 e. The fourth-order valence-corrected chi connectivity index (χ4v) is 3.13. The number of amides is 2. The van der Waals surface area contributed by atoms with E-state index in [2.05, 4.69) is 30.2 Å². The minimum atomic E-state index is -0.253. The highest BCUT2D eigenvalue weighted by Gasteiger charge is 2.19. The summed E-state index contributed by atoms with van der Waals surface area (Å²) in [5, 5.41) is 5.90. The van der Waals surface area contributed by atoms with Gasteiger partial charge in [-0.2, -0.15) is 0 Å². The van der Waals surface area contributed by atoms with Crippen LogP contribution in [0.25, 0.3) is 0 Å². The number of nitrogens with zero attached hydrogens (tertiary/aromatic N) is 2. The third-order valence-corrected chi connectivity index (χ3v) is 4.88. The van der Waals surface area contributed by atoms with E-state index >= 15 is 0 Å². The lowest BCUT2D eigenvalue weighted by atomic mass is 10.1. The highest BCUT2D eigenvalue weighted by molar-refractivity contribution is 7.09. The predicted octanol–water partition coefficient (Wildman–Crippen LogP) is 4.67. The maximum absolute atomic E-state index is 12.3. The zero-order chi connectivity index (χ0) is 19.3. The Balaban J connectivity index is 1.96. The van der Waals surface area contributed by atoms with Crippen molar-refractivity contribution in [1.82, 2.24) is 15.2 Å². The molecule has 2 amide bonds. The first-order valence-corrected chi connectivity index (χ1v) is 9.77. The highest BCUT2D eigenvalue weighted by atomic mass is 32.1. The maximum Gasteiger partial charge on any atom is 0.318 e. The summed E-state index contributed by atoms with van der Waals surface area (Å²) in [5.41, 5.74) is 3.00. The van der Waals surface area contributed by atoms with E-state index < -0.39 is 0 Å². The number of nitrogens with one attached hydrogen (secondary N) is 1. The first-order chi connectivity index (χ1) is 12.2. The van der Waals surface area contributed by atoms with Gasteiger partial charge in [0.25, 0.3) is 0 Å². The average Bonchev–Trinajstić information content (AvgIpc) is 3.00. The lowest BCUT2D eigenvalue weighted by Gasteiger charge is -2.27. The summed E-state index contributed by atoms with van der Waals surface area (Å²) in [7, 11) is 0. The molecule has 0 spiro atoms. The topological polar surface area (TPSA) is 54.5 Å². The van der Waals surface area contributed by atoms with E-state index in [-0.39, 0.29) is 11.6 Å². The number of carbonyl (C=O) groups is 1. The zero-order valence-corrected chi connectivity index (χ0v) is 17.4. The molecule has 5 nitrogen and oxygen atoms in total. The Morgan fingerprint density at radius 2 is 2.04 bits per heavy atom. The summed E-state index contributed by atoms with van der Waals surface area (Å²) in [6.07, 6.45) is 0. The van der Waals surface area contributed by atoms with Crippen molar-refractivity contribution in [3.63, 3.8) is 0 Å². The van der Waals surface area contributed by atoms with E-state index in [9.17, 15) is 4.79 Å².